The Morgan fingerprint density at radius 1 is 0.871 bits per heavy atom. The van der Waals surface area contributed by atoms with Crippen LogP contribution in [0.15, 0.2) is 72.8 Å². The number of rotatable bonds is 10. The van der Waals surface area contributed by atoms with Crippen molar-refractivity contribution >= 4 is 0 Å². The molecule has 3 aromatic carbocycles. The zero-order valence-corrected chi connectivity index (χ0v) is 18.4. The van der Waals surface area contributed by atoms with Crippen LogP contribution in [-0.2, 0) is 13.0 Å². The lowest BCUT2D eigenvalue weighted by molar-refractivity contribution is -0.671. The summed E-state index contributed by atoms with van der Waals surface area (Å²) in [7, 11) is 0. The van der Waals surface area contributed by atoms with Crippen molar-refractivity contribution in [3.63, 3.8) is 0 Å². The zero-order chi connectivity index (χ0) is 21.5. The van der Waals surface area contributed by atoms with Crippen LogP contribution in [-0.4, -0.2) is 19.4 Å². The Morgan fingerprint density at radius 2 is 1.65 bits per heavy atom. The van der Waals surface area contributed by atoms with Gasteiger partial charge in [0.15, 0.2) is 11.5 Å². The molecule has 1 atom stereocenters. The molecule has 1 aliphatic rings. The molecule has 4 heteroatoms. The third kappa shape index (κ3) is 6.02. The first-order chi connectivity index (χ1) is 15.2. The average Bonchev–Trinajstić information content (AvgIpc) is 3.25. The standard InChI is InChI=1S/C27H31NO3/c1-20(2)31-25-11-8-22(9-12-25)18-28-15-14-24(16-21-6-4-3-5-7-21)23-10-13-26-27(17-23)30-19-29-26/h3-13,17,20,24,28H,14-16,18-19H2,1-2H3/p+1/t24-/m0/s1. The summed E-state index contributed by atoms with van der Waals surface area (Å²) < 4.78 is 16.8. The van der Waals surface area contributed by atoms with Crippen LogP contribution >= 0.6 is 0 Å². The molecule has 162 valence electrons. The smallest absolute Gasteiger partial charge is 0.231 e. The Balaban J connectivity index is 1.36. The molecular formula is C27H32NO3+. The molecule has 3 aromatic rings. The Labute approximate surface area is 185 Å². The highest BCUT2D eigenvalue weighted by atomic mass is 16.7. The van der Waals surface area contributed by atoms with Gasteiger partial charge >= 0.3 is 0 Å². The molecular weight excluding hydrogens is 386 g/mol. The topological polar surface area (TPSA) is 44.3 Å². The third-order valence-electron chi connectivity index (χ3n) is 5.59. The van der Waals surface area contributed by atoms with Gasteiger partial charge in [-0.15, -0.1) is 0 Å². The maximum absolute atomic E-state index is 5.73. The fourth-order valence-corrected chi connectivity index (χ4v) is 4.02. The van der Waals surface area contributed by atoms with Crippen LogP contribution in [0.1, 0.15) is 42.9 Å². The fraction of sp³-hybridized carbons (Fsp3) is 0.333. The van der Waals surface area contributed by atoms with E-state index in [9.17, 15) is 0 Å². The molecule has 0 saturated heterocycles. The lowest BCUT2D eigenvalue weighted by Gasteiger charge is -2.18. The molecule has 0 saturated carbocycles. The first-order valence-corrected chi connectivity index (χ1v) is 11.2. The van der Waals surface area contributed by atoms with E-state index in [1.165, 1.54) is 16.7 Å². The number of ether oxygens (including phenoxy) is 3. The van der Waals surface area contributed by atoms with Gasteiger partial charge in [0.2, 0.25) is 6.79 Å². The van der Waals surface area contributed by atoms with Gasteiger partial charge in [0.25, 0.3) is 0 Å². The van der Waals surface area contributed by atoms with Crippen LogP contribution in [0.3, 0.4) is 0 Å². The van der Waals surface area contributed by atoms with E-state index in [4.69, 9.17) is 14.2 Å². The molecule has 1 aliphatic heterocycles. The number of benzene rings is 3. The van der Waals surface area contributed by atoms with Crippen LogP contribution in [0, 0.1) is 0 Å². The summed E-state index contributed by atoms with van der Waals surface area (Å²) in [6.45, 7) is 6.45. The minimum absolute atomic E-state index is 0.204. The van der Waals surface area contributed by atoms with Crippen molar-refractivity contribution in [3.05, 3.63) is 89.5 Å². The molecule has 0 amide bonds. The molecule has 31 heavy (non-hydrogen) atoms. The molecule has 1 heterocycles. The van der Waals surface area contributed by atoms with Crippen LogP contribution in [0.5, 0.6) is 17.2 Å². The molecule has 0 fully saturated rings. The molecule has 0 unspecified atom stereocenters. The van der Waals surface area contributed by atoms with Gasteiger partial charge in [0.1, 0.15) is 12.3 Å². The molecule has 4 rings (SSSR count). The minimum Gasteiger partial charge on any atom is -0.491 e. The van der Waals surface area contributed by atoms with Crippen LogP contribution in [0.4, 0.5) is 0 Å². The van der Waals surface area contributed by atoms with Gasteiger partial charge in [-0.2, -0.15) is 0 Å². The van der Waals surface area contributed by atoms with E-state index in [-0.39, 0.29) is 6.10 Å². The Kier molecular flexibility index (Phi) is 7.11. The monoisotopic (exact) mass is 418 g/mol. The molecule has 0 radical (unpaired) electrons. The second-order valence-electron chi connectivity index (χ2n) is 8.38. The van der Waals surface area contributed by atoms with Gasteiger partial charge in [-0.05, 0) is 73.7 Å². The van der Waals surface area contributed by atoms with E-state index >= 15 is 0 Å². The van der Waals surface area contributed by atoms with E-state index < -0.39 is 0 Å². The average molecular weight is 419 g/mol. The van der Waals surface area contributed by atoms with Crippen molar-refractivity contribution in [2.45, 2.75) is 45.3 Å². The van der Waals surface area contributed by atoms with Gasteiger partial charge in [-0.1, -0.05) is 36.4 Å². The van der Waals surface area contributed by atoms with Crippen molar-refractivity contribution in [2.24, 2.45) is 0 Å². The lowest BCUT2D eigenvalue weighted by Crippen LogP contribution is -2.82. The Bertz CT molecular complexity index is 954. The number of fused-ring (bicyclic) bond motifs is 1. The number of nitrogens with two attached hydrogens (primary N) is 1. The highest BCUT2D eigenvalue weighted by Crippen LogP contribution is 2.36. The Morgan fingerprint density at radius 3 is 2.42 bits per heavy atom. The van der Waals surface area contributed by atoms with E-state index in [0.717, 1.165) is 43.2 Å². The Hall–Kier alpha value is -2.98. The normalized spacial score (nSPS) is 13.4. The lowest BCUT2D eigenvalue weighted by atomic mass is 9.89. The summed E-state index contributed by atoms with van der Waals surface area (Å²) in [6, 6.07) is 25.6. The van der Waals surface area contributed by atoms with Crippen LogP contribution < -0.4 is 19.5 Å². The zero-order valence-electron chi connectivity index (χ0n) is 18.4. The summed E-state index contributed by atoms with van der Waals surface area (Å²) >= 11 is 0. The molecule has 0 spiro atoms. The largest absolute Gasteiger partial charge is 0.491 e. The predicted octanol–water partition coefficient (Wildman–Crippen LogP) is 4.68. The highest BCUT2D eigenvalue weighted by Gasteiger charge is 2.19. The van der Waals surface area contributed by atoms with E-state index in [2.05, 4.69) is 72.0 Å². The van der Waals surface area contributed by atoms with Crippen molar-refractivity contribution in [3.8, 4) is 17.2 Å². The predicted molar refractivity (Wildman–Crippen MR) is 123 cm³/mol. The van der Waals surface area contributed by atoms with E-state index in [1.807, 2.05) is 19.9 Å². The minimum atomic E-state index is 0.204. The van der Waals surface area contributed by atoms with Gasteiger partial charge < -0.3 is 19.5 Å². The maximum atomic E-state index is 5.73. The molecule has 4 nitrogen and oxygen atoms in total. The van der Waals surface area contributed by atoms with Gasteiger partial charge in [0.05, 0.1) is 12.6 Å². The summed E-state index contributed by atoms with van der Waals surface area (Å²) in [5.74, 6) is 3.08. The van der Waals surface area contributed by atoms with Crippen molar-refractivity contribution in [1.29, 1.82) is 0 Å². The van der Waals surface area contributed by atoms with Gasteiger partial charge in [-0.3, -0.25) is 0 Å². The summed E-state index contributed by atoms with van der Waals surface area (Å²) in [4.78, 5) is 0. The second kappa shape index (κ2) is 10.4. The van der Waals surface area contributed by atoms with Crippen molar-refractivity contribution < 1.29 is 19.5 Å². The first-order valence-electron chi connectivity index (χ1n) is 11.2. The van der Waals surface area contributed by atoms with Crippen molar-refractivity contribution in [2.75, 3.05) is 13.3 Å². The maximum Gasteiger partial charge on any atom is 0.231 e. The van der Waals surface area contributed by atoms with Gasteiger partial charge in [0, 0.05) is 12.0 Å². The molecule has 0 bridgehead atoms. The molecule has 0 aliphatic carbocycles. The quantitative estimate of drug-likeness (QED) is 0.486. The van der Waals surface area contributed by atoms with Crippen molar-refractivity contribution in [1.82, 2.24) is 0 Å². The number of hydrogen-bond acceptors (Lipinski definition) is 3. The van der Waals surface area contributed by atoms with Gasteiger partial charge in [-0.25, -0.2) is 0 Å². The SMILES string of the molecule is CC(C)Oc1ccc(C[NH2+]CC[C@@H](Cc2ccccc2)c2ccc3c(c2)OCO3)cc1. The van der Waals surface area contributed by atoms with Crippen LogP contribution in [0.25, 0.3) is 0 Å². The fourth-order valence-electron chi connectivity index (χ4n) is 4.02. The highest BCUT2D eigenvalue weighted by molar-refractivity contribution is 5.45. The summed E-state index contributed by atoms with van der Waals surface area (Å²) in [5.41, 5.74) is 4.00. The molecule has 2 N–H and O–H groups in total. The summed E-state index contributed by atoms with van der Waals surface area (Å²) in [6.07, 6.45) is 2.33. The summed E-state index contributed by atoms with van der Waals surface area (Å²) in [5, 5.41) is 2.39. The van der Waals surface area contributed by atoms with Crippen LogP contribution in [0.2, 0.25) is 0 Å². The first kappa shape index (κ1) is 21.3. The third-order valence-corrected chi connectivity index (χ3v) is 5.59. The molecule has 0 aromatic heterocycles. The van der Waals surface area contributed by atoms with E-state index in [1.54, 1.807) is 0 Å². The number of hydrogen-bond donors (Lipinski definition) is 1. The second-order valence-corrected chi connectivity index (χ2v) is 8.38. The van der Waals surface area contributed by atoms with E-state index in [0.29, 0.717) is 12.7 Å². The number of quaternary nitrogens is 1.